The fourth-order valence-electron chi connectivity index (χ4n) is 3.76. The molecule has 1 aliphatic heterocycles. The van der Waals surface area contributed by atoms with Crippen LogP contribution < -0.4 is 10.6 Å². The van der Waals surface area contributed by atoms with Gasteiger partial charge in [0.25, 0.3) is 5.91 Å². The molecule has 9 heteroatoms. The Balaban J connectivity index is 1.57. The molecular formula is C21H18F4N4O. The number of benzene rings is 2. The third kappa shape index (κ3) is 3.68. The third-order valence-electron chi connectivity index (χ3n) is 5.29. The second-order valence-corrected chi connectivity index (χ2v) is 7.17. The number of rotatable bonds is 4. The van der Waals surface area contributed by atoms with E-state index in [2.05, 4.69) is 15.7 Å². The van der Waals surface area contributed by atoms with Gasteiger partial charge in [0.1, 0.15) is 17.2 Å². The summed E-state index contributed by atoms with van der Waals surface area (Å²) in [4.78, 5) is 12.6. The fourth-order valence-corrected chi connectivity index (χ4v) is 3.76. The number of nitrogens with zero attached hydrogens (tertiary/aromatic N) is 2. The lowest BCUT2D eigenvalue weighted by molar-refractivity contribution is 0.0928. The normalized spacial score (nSPS) is 18.6. The molecule has 1 amide bonds. The van der Waals surface area contributed by atoms with Crippen molar-refractivity contribution in [1.82, 2.24) is 20.4 Å². The van der Waals surface area contributed by atoms with Gasteiger partial charge in [0.15, 0.2) is 11.6 Å². The van der Waals surface area contributed by atoms with Crippen molar-refractivity contribution in [3.05, 3.63) is 77.0 Å². The molecule has 1 aromatic heterocycles. The molecule has 2 atom stereocenters. The first-order chi connectivity index (χ1) is 14.3. The Hall–Kier alpha value is -3.20. The first kappa shape index (κ1) is 20.1. The number of halogens is 4. The summed E-state index contributed by atoms with van der Waals surface area (Å²) in [7, 11) is 1.64. The molecule has 3 aromatic rings. The minimum atomic E-state index is -1.00. The highest BCUT2D eigenvalue weighted by Gasteiger charge is 2.32. The minimum absolute atomic E-state index is 0.253. The van der Waals surface area contributed by atoms with Crippen LogP contribution in [-0.2, 0) is 7.05 Å². The summed E-state index contributed by atoms with van der Waals surface area (Å²) >= 11 is 0. The number of hydrogen-bond acceptors (Lipinski definition) is 3. The molecule has 2 aromatic carbocycles. The van der Waals surface area contributed by atoms with Gasteiger partial charge in [-0.15, -0.1) is 0 Å². The van der Waals surface area contributed by atoms with Gasteiger partial charge >= 0.3 is 0 Å². The predicted molar refractivity (Wildman–Crippen MR) is 102 cm³/mol. The van der Waals surface area contributed by atoms with Gasteiger partial charge < -0.3 is 10.6 Å². The summed E-state index contributed by atoms with van der Waals surface area (Å²) in [5.74, 6) is -5.25. The Morgan fingerprint density at radius 2 is 1.77 bits per heavy atom. The average molecular weight is 418 g/mol. The Bertz CT molecular complexity index is 1090. The van der Waals surface area contributed by atoms with E-state index >= 15 is 0 Å². The number of carbonyl (C=O) groups excluding carboxylic acids is 1. The van der Waals surface area contributed by atoms with Crippen molar-refractivity contribution in [2.24, 2.45) is 7.05 Å². The number of carbonyl (C=O) groups is 1. The quantitative estimate of drug-likeness (QED) is 0.640. The Labute approximate surface area is 169 Å². The van der Waals surface area contributed by atoms with Crippen LogP contribution in [0.4, 0.5) is 17.6 Å². The lowest BCUT2D eigenvalue weighted by Gasteiger charge is -2.21. The molecule has 4 rings (SSSR count). The fraction of sp³-hybridized carbons (Fsp3) is 0.238. The number of aromatic nitrogens is 2. The Morgan fingerprint density at radius 1 is 1.03 bits per heavy atom. The highest BCUT2D eigenvalue weighted by Crippen LogP contribution is 2.27. The van der Waals surface area contributed by atoms with E-state index in [1.165, 1.54) is 16.9 Å². The van der Waals surface area contributed by atoms with Gasteiger partial charge in [-0.3, -0.25) is 9.48 Å². The van der Waals surface area contributed by atoms with E-state index in [1.54, 1.807) is 13.1 Å². The largest absolute Gasteiger partial charge is 0.347 e. The van der Waals surface area contributed by atoms with E-state index in [1.807, 2.05) is 0 Å². The Kier molecular flexibility index (Phi) is 5.29. The van der Waals surface area contributed by atoms with Crippen LogP contribution in [0.5, 0.6) is 0 Å². The van der Waals surface area contributed by atoms with Crippen LogP contribution in [0.1, 0.15) is 21.8 Å². The highest BCUT2D eigenvalue weighted by atomic mass is 19.2. The van der Waals surface area contributed by atoms with Crippen LogP contribution in [0.3, 0.4) is 0 Å². The SMILES string of the molecule is Cn1nccc1-c1cc(F)c(C(=O)N[C@@H]2CNC[C@H]2c2ccc(F)c(F)c2)c(F)c1. The average Bonchev–Trinajstić information content (AvgIpc) is 3.32. The molecule has 0 bridgehead atoms. The third-order valence-corrected chi connectivity index (χ3v) is 5.29. The monoisotopic (exact) mass is 418 g/mol. The molecule has 0 unspecified atom stereocenters. The van der Waals surface area contributed by atoms with Crippen LogP contribution in [0.25, 0.3) is 11.3 Å². The van der Waals surface area contributed by atoms with Crippen molar-refractivity contribution in [1.29, 1.82) is 0 Å². The first-order valence-electron chi connectivity index (χ1n) is 9.29. The van der Waals surface area contributed by atoms with Gasteiger partial charge in [-0.25, -0.2) is 17.6 Å². The first-order valence-corrected chi connectivity index (χ1v) is 9.29. The van der Waals surface area contributed by atoms with E-state index in [-0.39, 0.29) is 11.5 Å². The van der Waals surface area contributed by atoms with Crippen molar-refractivity contribution in [2.45, 2.75) is 12.0 Å². The lowest BCUT2D eigenvalue weighted by Crippen LogP contribution is -2.40. The van der Waals surface area contributed by atoms with Gasteiger partial charge in [0, 0.05) is 43.9 Å². The molecule has 0 radical (unpaired) electrons. The number of aryl methyl sites for hydroxylation is 1. The number of amides is 1. The lowest BCUT2D eigenvalue weighted by atomic mass is 9.93. The molecule has 0 saturated carbocycles. The number of hydrogen-bond donors (Lipinski definition) is 2. The molecule has 156 valence electrons. The molecule has 1 aliphatic rings. The van der Waals surface area contributed by atoms with Crippen LogP contribution in [0.15, 0.2) is 42.6 Å². The molecule has 30 heavy (non-hydrogen) atoms. The summed E-state index contributed by atoms with van der Waals surface area (Å²) in [6, 6.07) is 6.72. The van der Waals surface area contributed by atoms with Crippen LogP contribution in [0, 0.1) is 23.3 Å². The minimum Gasteiger partial charge on any atom is -0.347 e. The summed E-state index contributed by atoms with van der Waals surface area (Å²) in [6.45, 7) is 0.728. The Morgan fingerprint density at radius 3 is 2.40 bits per heavy atom. The van der Waals surface area contributed by atoms with Gasteiger partial charge in [-0.1, -0.05) is 6.07 Å². The zero-order valence-electron chi connectivity index (χ0n) is 15.9. The molecule has 2 heterocycles. The van der Waals surface area contributed by atoms with Crippen molar-refractivity contribution >= 4 is 5.91 Å². The van der Waals surface area contributed by atoms with E-state index in [0.29, 0.717) is 24.3 Å². The number of nitrogens with one attached hydrogen (secondary N) is 2. The summed E-state index contributed by atoms with van der Waals surface area (Å²) < 4.78 is 57.5. The molecule has 2 N–H and O–H groups in total. The molecular weight excluding hydrogens is 400 g/mol. The van der Waals surface area contributed by atoms with Gasteiger partial charge in [0.05, 0.1) is 5.69 Å². The summed E-state index contributed by atoms with van der Waals surface area (Å²) in [5, 5.41) is 9.62. The molecule has 1 fully saturated rings. The second kappa shape index (κ2) is 7.91. The zero-order chi connectivity index (χ0) is 21.4. The topological polar surface area (TPSA) is 59.0 Å². The van der Waals surface area contributed by atoms with E-state index in [0.717, 1.165) is 24.3 Å². The molecule has 1 saturated heterocycles. The molecule has 0 aliphatic carbocycles. The van der Waals surface area contributed by atoms with E-state index < -0.39 is 40.8 Å². The second-order valence-electron chi connectivity index (χ2n) is 7.17. The smallest absolute Gasteiger partial charge is 0.257 e. The van der Waals surface area contributed by atoms with Crippen molar-refractivity contribution in [3.63, 3.8) is 0 Å². The van der Waals surface area contributed by atoms with Gasteiger partial charge in [0.2, 0.25) is 0 Å². The van der Waals surface area contributed by atoms with Gasteiger partial charge in [-0.05, 0) is 35.9 Å². The van der Waals surface area contributed by atoms with Crippen LogP contribution in [0.2, 0.25) is 0 Å². The maximum Gasteiger partial charge on any atom is 0.257 e. The molecule has 5 nitrogen and oxygen atoms in total. The van der Waals surface area contributed by atoms with Crippen molar-refractivity contribution in [2.75, 3.05) is 13.1 Å². The van der Waals surface area contributed by atoms with Crippen molar-refractivity contribution < 1.29 is 22.4 Å². The highest BCUT2D eigenvalue weighted by molar-refractivity contribution is 5.95. The van der Waals surface area contributed by atoms with E-state index in [4.69, 9.17) is 0 Å². The summed E-state index contributed by atoms with van der Waals surface area (Å²) in [6.07, 6.45) is 1.50. The van der Waals surface area contributed by atoms with Gasteiger partial charge in [-0.2, -0.15) is 5.10 Å². The predicted octanol–water partition coefficient (Wildman–Crippen LogP) is 3.13. The molecule has 0 spiro atoms. The maximum absolute atomic E-state index is 14.6. The summed E-state index contributed by atoms with van der Waals surface area (Å²) in [5.41, 5.74) is 0.537. The maximum atomic E-state index is 14.6. The standard InChI is InChI=1S/C21H18F4N4O/c1-29-19(4-5-27-29)12-7-16(24)20(17(25)8-12)21(30)28-18-10-26-9-13(18)11-2-3-14(22)15(23)6-11/h2-8,13,18,26H,9-10H2,1H3,(H,28,30)/t13-,18+/m0/s1. The zero-order valence-corrected chi connectivity index (χ0v) is 15.9. The van der Waals surface area contributed by atoms with Crippen LogP contribution in [-0.4, -0.2) is 34.8 Å². The van der Waals surface area contributed by atoms with Crippen LogP contribution >= 0.6 is 0 Å². The van der Waals surface area contributed by atoms with E-state index in [9.17, 15) is 22.4 Å². The van der Waals surface area contributed by atoms with Crippen molar-refractivity contribution in [3.8, 4) is 11.3 Å².